The third-order valence-corrected chi connectivity index (χ3v) is 3.78. The molecular weight excluding hydrogens is 316 g/mol. The number of methoxy groups -OCH3 is 1. The number of fused-ring (bicyclic) bond motifs is 1. The zero-order valence-electron chi connectivity index (χ0n) is 12.3. The number of aromatic nitrogens is 2. The lowest BCUT2D eigenvalue weighted by molar-refractivity contribution is 0.107. The second-order valence-electron chi connectivity index (χ2n) is 4.95. The van der Waals surface area contributed by atoms with E-state index in [1.807, 2.05) is 24.3 Å². The monoisotopic (exact) mass is 328 g/mol. The van der Waals surface area contributed by atoms with Crippen molar-refractivity contribution in [2.45, 2.75) is 6.54 Å². The van der Waals surface area contributed by atoms with Crippen molar-refractivity contribution in [3.05, 3.63) is 70.1 Å². The summed E-state index contributed by atoms with van der Waals surface area (Å²) < 4.78 is 6.75. The average molecular weight is 329 g/mol. The molecule has 0 radical (unpaired) electrons. The van der Waals surface area contributed by atoms with Crippen molar-refractivity contribution in [1.29, 1.82) is 0 Å². The van der Waals surface area contributed by atoms with Gasteiger partial charge in [-0.05, 0) is 35.9 Å². The lowest BCUT2D eigenvalue weighted by Crippen LogP contribution is -2.26. The Morgan fingerprint density at radius 1 is 1.26 bits per heavy atom. The lowest BCUT2D eigenvalue weighted by atomic mass is 10.1. The van der Waals surface area contributed by atoms with Gasteiger partial charge in [-0.3, -0.25) is 14.2 Å². The predicted molar refractivity (Wildman–Crippen MR) is 88.3 cm³/mol. The van der Waals surface area contributed by atoms with Gasteiger partial charge in [0.25, 0.3) is 10.8 Å². The van der Waals surface area contributed by atoms with Crippen molar-refractivity contribution in [3.63, 3.8) is 0 Å². The molecule has 1 aromatic carbocycles. The highest BCUT2D eigenvalue weighted by molar-refractivity contribution is 6.67. The van der Waals surface area contributed by atoms with Crippen LogP contribution >= 0.6 is 11.6 Å². The van der Waals surface area contributed by atoms with Crippen LogP contribution in [-0.2, 0) is 6.54 Å². The number of halogens is 1. The van der Waals surface area contributed by atoms with E-state index in [4.69, 9.17) is 16.3 Å². The number of carbonyl (C=O) groups is 1. The number of carbonyl (C=O) groups excluding carboxylic acids is 1. The summed E-state index contributed by atoms with van der Waals surface area (Å²) in [6.45, 7) is 0.231. The molecule has 0 N–H and O–H groups in total. The number of pyridine rings is 2. The number of para-hydroxylation sites is 1. The molecule has 3 aromatic rings. The van der Waals surface area contributed by atoms with Crippen LogP contribution in [0.2, 0.25) is 0 Å². The Morgan fingerprint density at radius 3 is 2.78 bits per heavy atom. The van der Waals surface area contributed by atoms with Crippen LogP contribution in [0.15, 0.2) is 53.5 Å². The van der Waals surface area contributed by atoms with Gasteiger partial charge in [0.1, 0.15) is 17.0 Å². The van der Waals surface area contributed by atoms with Crippen LogP contribution in [0.3, 0.4) is 0 Å². The van der Waals surface area contributed by atoms with E-state index in [1.165, 1.54) is 10.6 Å². The topological polar surface area (TPSA) is 61.2 Å². The quantitative estimate of drug-likeness (QED) is 0.691. The molecule has 6 heteroatoms. The summed E-state index contributed by atoms with van der Waals surface area (Å²) in [5, 5.41) is -0.111. The standard InChI is InChI=1S/C17H13ClN2O3/c1-23-14-7-3-2-5-12(14)10-20-16-11(6-4-8-19-16)9-13(15(18)21)17(20)22/h2-9H,10H2,1H3. The van der Waals surface area contributed by atoms with Crippen molar-refractivity contribution in [1.82, 2.24) is 9.55 Å². The van der Waals surface area contributed by atoms with Gasteiger partial charge in [0.15, 0.2) is 0 Å². The Morgan fingerprint density at radius 2 is 2.04 bits per heavy atom. The molecule has 116 valence electrons. The summed E-state index contributed by atoms with van der Waals surface area (Å²) in [7, 11) is 1.57. The van der Waals surface area contributed by atoms with Crippen LogP contribution in [0.25, 0.3) is 11.0 Å². The predicted octanol–water partition coefficient (Wildman–Crippen LogP) is 2.83. The first-order valence-corrected chi connectivity index (χ1v) is 7.30. The number of ether oxygens (including phenoxy) is 1. The maximum Gasteiger partial charge on any atom is 0.264 e. The summed E-state index contributed by atoms with van der Waals surface area (Å²) in [4.78, 5) is 28.4. The molecule has 0 saturated heterocycles. The van der Waals surface area contributed by atoms with Crippen molar-refractivity contribution >= 4 is 27.9 Å². The SMILES string of the molecule is COc1ccccc1Cn1c(=O)c(C(=O)Cl)cc2cccnc21. The summed E-state index contributed by atoms with van der Waals surface area (Å²) in [6.07, 6.45) is 1.60. The Bertz CT molecular complexity index is 950. The smallest absolute Gasteiger partial charge is 0.264 e. The van der Waals surface area contributed by atoms with Crippen LogP contribution in [0.1, 0.15) is 15.9 Å². The van der Waals surface area contributed by atoms with Crippen molar-refractivity contribution in [2.75, 3.05) is 7.11 Å². The molecule has 23 heavy (non-hydrogen) atoms. The molecule has 0 fully saturated rings. The zero-order chi connectivity index (χ0) is 16.4. The highest BCUT2D eigenvalue weighted by Gasteiger charge is 2.15. The van der Waals surface area contributed by atoms with Gasteiger partial charge in [0, 0.05) is 17.1 Å². The first kappa shape index (κ1) is 15.2. The van der Waals surface area contributed by atoms with E-state index in [9.17, 15) is 9.59 Å². The number of hydrogen-bond acceptors (Lipinski definition) is 4. The maximum atomic E-state index is 12.6. The molecule has 0 aliphatic rings. The van der Waals surface area contributed by atoms with Gasteiger partial charge < -0.3 is 4.74 Å². The molecule has 5 nitrogen and oxygen atoms in total. The average Bonchev–Trinajstić information content (AvgIpc) is 2.57. The molecule has 0 aliphatic heterocycles. The highest BCUT2D eigenvalue weighted by Crippen LogP contribution is 2.20. The molecule has 0 atom stereocenters. The molecule has 2 heterocycles. The molecule has 0 aliphatic carbocycles. The zero-order valence-corrected chi connectivity index (χ0v) is 13.1. The van der Waals surface area contributed by atoms with E-state index in [-0.39, 0.29) is 12.1 Å². The largest absolute Gasteiger partial charge is 0.496 e. The second-order valence-corrected chi connectivity index (χ2v) is 5.29. The van der Waals surface area contributed by atoms with Crippen LogP contribution in [0, 0.1) is 0 Å². The van der Waals surface area contributed by atoms with Gasteiger partial charge in [-0.25, -0.2) is 4.98 Å². The Kier molecular flexibility index (Phi) is 4.12. The van der Waals surface area contributed by atoms with Gasteiger partial charge in [-0.2, -0.15) is 0 Å². The Balaban J connectivity index is 2.25. The molecule has 2 aromatic heterocycles. The summed E-state index contributed by atoms with van der Waals surface area (Å²) in [5.41, 5.74) is 0.762. The minimum atomic E-state index is -0.783. The minimum absolute atomic E-state index is 0.0675. The maximum absolute atomic E-state index is 12.6. The van der Waals surface area contributed by atoms with Crippen LogP contribution in [0.5, 0.6) is 5.75 Å². The summed E-state index contributed by atoms with van der Waals surface area (Å²) in [5.74, 6) is 0.658. The third-order valence-electron chi connectivity index (χ3n) is 3.58. The van der Waals surface area contributed by atoms with Crippen LogP contribution in [-0.4, -0.2) is 21.9 Å². The van der Waals surface area contributed by atoms with E-state index < -0.39 is 10.8 Å². The van der Waals surface area contributed by atoms with E-state index in [1.54, 1.807) is 25.4 Å². The first-order chi connectivity index (χ1) is 11.1. The van der Waals surface area contributed by atoms with E-state index in [0.717, 1.165) is 5.56 Å². The van der Waals surface area contributed by atoms with Crippen molar-refractivity contribution in [3.8, 4) is 5.75 Å². The number of benzene rings is 1. The van der Waals surface area contributed by atoms with Gasteiger partial charge in [0.05, 0.1) is 13.7 Å². The Hall–Kier alpha value is -2.66. The van der Waals surface area contributed by atoms with Crippen LogP contribution < -0.4 is 10.3 Å². The molecule has 0 amide bonds. The fourth-order valence-electron chi connectivity index (χ4n) is 2.50. The normalized spacial score (nSPS) is 10.7. The van der Waals surface area contributed by atoms with Gasteiger partial charge in [-0.1, -0.05) is 18.2 Å². The first-order valence-electron chi connectivity index (χ1n) is 6.92. The highest BCUT2D eigenvalue weighted by atomic mass is 35.5. The van der Waals surface area contributed by atoms with Gasteiger partial charge in [-0.15, -0.1) is 0 Å². The third kappa shape index (κ3) is 2.83. The molecule has 0 spiro atoms. The second kappa shape index (κ2) is 6.22. The number of hydrogen-bond donors (Lipinski definition) is 0. The molecule has 0 saturated carbocycles. The van der Waals surface area contributed by atoms with Crippen LogP contribution in [0.4, 0.5) is 0 Å². The van der Waals surface area contributed by atoms with Crippen molar-refractivity contribution in [2.24, 2.45) is 0 Å². The minimum Gasteiger partial charge on any atom is -0.496 e. The summed E-state index contributed by atoms with van der Waals surface area (Å²) in [6, 6.07) is 12.4. The van der Waals surface area contributed by atoms with E-state index >= 15 is 0 Å². The van der Waals surface area contributed by atoms with Gasteiger partial charge >= 0.3 is 0 Å². The summed E-state index contributed by atoms with van der Waals surface area (Å²) >= 11 is 5.55. The molecule has 0 bridgehead atoms. The van der Waals surface area contributed by atoms with Gasteiger partial charge in [0.2, 0.25) is 0 Å². The van der Waals surface area contributed by atoms with E-state index in [2.05, 4.69) is 4.98 Å². The fraction of sp³-hybridized carbons (Fsp3) is 0.118. The molecular formula is C17H13ClN2O3. The number of nitrogens with zero attached hydrogens (tertiary/aromatic N) is 2. The Labute approximate surface area is 137 Å². The van der Waals surface area contributed by atoms with E-state index in [0.29, 0.717) is 16.8 Å². The fourth-order valence-corrected chi connectivity index (χ4v) is 2.63. The lowest BCUT2D eigenvalue weighted by Gasteiger charge is -2.13. The number of rotatable bonds is 4. The van der Waals surface area contributed by atoms with Crippen molar-refractivity contribution < 1.29 is 9.53 Å². The molecule has 3 rings (SSSR count). The molecule has 0 unspecified atom stereocenters.